The third-order valence-electron chi connectivity index (χ3n) is 3.49. The lowest BCUT2D eigenvalue weighted by Crippen LogP contribution is -2.24. The van der Waals surface area contributed by atoms with Crippen LogP contribution in [0.25, 0.3) is 0 Å². The van der Waals surface area contributed by atoms with E-state index in [0.717, 1.165) is 22.4 Å². The van der Waals surface area contributed by atoms with E-state index in [4.69, 9.17) is 5.11 Å². The summed E-state index contributed by atoms with van der Waals surface area (Å²) >= 11 is 3.69. The summed E-state index contributed by atoms with van der Waals surface area (Å²) in [5.41, 5.74) is 4.11. The van der Waals surface area contributed by atoms with Gasteiger partial charge in [0.1, 0.15) is 10.3 Å². The number of rotatable bonds is 3. The highest BCUT2D eigenvalue weighted by Gasteiger charge is 2.37. The van der Waals surface area contributed by atoms with Crippen LogP contribution in [0.15, 0.2) is 42.5 Å². The predicted molar refractivity (Wildman–Crippen MR) is 81.3 cm³/mol. The van der Waals surface area contributed by atoms with Crippen LogP contribution in [-0.4, -0.2) is 11.7 Å². The molecule has 1 aliphatic rings. The molecule has 0 saturated carbocycles. The number of fused-ring (bicyclic) bond motifs is 1. The monoisotopic (exact) mass is 334 g/mol. The van der Waals surface area contributed by atoms with Gasteiger partial charge in [0.25, 0.3) is 0 Å². The predicted octanol–water partition coefficient (Wildman–Crippen LogP) is 3.59. The number of anilines is 1. The lowest BCUT2D eigenvalue weighted by atomic mass is 10.0. The van der Waals surface area contributed by atoms with Gasteiger partial charge in [0, 0.05) is 18.7 Å². The highest BCUT2D eigenvalue weighted by Crippen LogP contribution is 2.46. The normalized spacial score (nSPS) is 20.6. The summed E-state index contributed by atoms with van der Waals surface area (Å²) < 4.78 is 12.5. The topological polar surface area (TPSA) is 32.3 Å². The SMILES string of the molecule is OCCc1cccc2c1NC(Br)(c1ccc(F)cc1)[CH]2. The van der Waals surface area contributed by atoms with Crippen molar-refractivity contribution in [1.82, 2.24) is 0 Å². The van der Waals surface area contributed by atoms with Crippen molar-refractivity contribution < 1.29 is 9.50 Å². The van der Waals surface area contributed by atoms with Gasteiger partial charge in [-0.05, 0) is 35.2 Å². The number of benzene rings is 2. The molecule has 1 atom stereocenters. The second kappa shape index (κ2) is 5.19. The van der Waals surface area contributed by atoms with Crippen molar-refractivity contribution in [1.29, 1.82) is 0 Å². The van der Waals surface area contributed by atoms with Gasteiger partial charge < -0.3 is 10.4 Å². The third kappa shape index (κ3) is 2.34. The molecule has 1 unspecified atom stereocenters. The molecule has 0 spiro atoms. The maximum Gasteiger partial charge on any atom is 0.126 e. The number of hydrogen-bond acceptors (Lipinski definition) is 2. The second-order valence-corrected chi connectivity index (χ2v) is 6.09. The van der Waals surface area contributed by atoms with Crippen molar-refractivity contribution in [3.63, 3.8) is 0 Å². The van der Waals surface area contributed by atoms with Crippen molar-refractivity contribution in [2.45, 2.75) is 10.9 Å². The minimum absolute atomic E-state index is 0.115. The first-order chi connectivity index (χ1) is 9.62. The summed E-state index contributed by atoms with van der Waals surface area (Å²) in [4.78, 5) is 0. The first-order valence-electron chi connectivity index (χ1n) is 6.44. The molecule has 4 heteroatoms. The van der Waals surface area contributed by atoms with Gasteiger partial charge in [-0.15, -0.1) is 0 Å². The Bertz CT molecular complexity index is 629. The van der Waals surface area contributed by atoms with E-state index in [2.05, 4.69) is 27.7 Å². The van der Waals surface area contributed by atoms with E-state index in [-0.39, 0.29) is 12.4 Å². The Balaban J connectivity index is 1.96. The molecule has 2 aromatic carbocycles. The molecule has 2 nitrogen and oxygen atoms in total. The van der Waals surface area contributed by atoms with E-state index in [1.165, 1.54) is 12.1 Å². The molecule has 3 rings (SSSR count). The lowest BCUT2D eigenvalue weighted by Gasteiger charge is -2.23. The quantitative estimate of drug-likeness (QED) is 0.664. The van der Waals surface area contributed by atoms with Crippen LogP contribution in [0.3, 0.4) is 0 Å². The average Bonchev–Trinajstić information content (AvgIpc) is 2.78. The molecular formula is C16H14BrFNO. The molecule has 20 heavy (non-hydrogen) atoms. The number of alkyl halides is 1. The molecule has 1 heterocycles. The summed E-state index contributed by atoms with van der Waals surface area (Å²) in [6, 6.07) is 12.4. The fourth-order valence-electron chi connectivity index (χ4n) is 2.50. The molecule has 1 aliphatic heterocycles. The Labute approximate surface area is 125 Å². The van der Waals surface area contributed by atoms with Gasteiger partial charge in [-0.1, -0.05) is 46.3 Å². The van der Waals surface area contributed by atoms with Crippen LogP contribution in [0, 0.1) is 12.2 Å². The van der Waals surface area contributed by atoms with Crippen LogP contribution < -0.4 is 5.32 Å². The number of nitrogens with one attached hydrogen (secondary N) is 1. The maximum atomic E-state index is 13.1. The van der Waals surface area contributed by atoms with Crippen molar-refractivity contribution in [2.24, 2.45) is 0 Å². The minimum Gasteiger partial charge on any atom is -0.396 e. The molecule has 2 aromatic rings. The Kier molecular flexibility index (Phi) is 3.52. The standard InChI is InChI=1S/C16H14BrFNO/c17-16(13-4-6-14(18)7-5-13)10-12-3-1-2-11(8-9-20)15(12)19-16/h1-7,10,19-20H,8-9H2. The highest BCUT2D eigenvalue weighted by atomic mass is 79.9. The maximum absolute atomic E-state index is 13.1. The van der Waals surface area contributed by atoms with Crippen LogP contribution in [0.1, 0.15) is 16.7 Å². The Morgan fingerprint density at radius 1 is 1.15 bits per heavy atom. The zero-order valence-corrected chi connectivity index (χ0v) is 12.3. The number of para-hydroxylation sites is 1. The van der Waals surface area contributed by atoms with Gasteiger partial charge in [-0.25, -0.2) is 4.39 Å². The molecule has 0 aliphatic carbocycles. The summed E-state index contributed by atoms with van der Waals surface area (Å²) in [6.45, 7) is 0.115. The van der Waals surface area contributed by atoms with Crippen molar-refractivity contribution in [3.05, 3.63) is 71.4 Å². The van der Waals surface area contributed by atoms with Crippen molar-refractivity contribution in [3.8, 4) is 0 Å². The Morgan fingerprint density at radius 3 is 2.60 bits per heavy atom. The molecule has 2 N–H and O–H groups in total. The molecular weight excluding hydrogens is 321 g/mol. The van der Waals surface area contributed by atoms with E-state index in [9.17, 15) is 4.39 Å². The zero-order chi connectivity index (χ0) is 14.2. The number of halogens is 2. The van der Waals surface area contributed by atoms with Gasteiger partial charge in [-0.3, -0.25) is 0 Å². The molecule has 0 fully saturated rings. The van der Waals surface area contributed by atoms with Crippen LogP contribution in [0.4, 0.5) is 10.1 Å². The second-order valence-electron chi connectivity index (χ2n) is 4.84. The lowest BCUT2D eigenvalue weighted by molar-refractivity contribution is 0.300. The zero-order valence-electron chi connectivity index (χ0n) is 10.7. The number of aliphatic hydroxyl groups is 1. The average molecular weight is 335 g/mol. The largest absolute Gasteiger partial charge is 0.396 e. The fourth-order valence-corrected chi connectivity index (χ4v) is 3.21. The molecule has 103 valence electrons. The van der Waals surface area contributed by atoms with E-state index in [0.29, 0.717) is 6.42 Å². The first-order valence-corrected chi connectivity index (χ1v) is 7.23. The van der Waals surface area contributed by atoms with Crippen molar-refractivity contribution >= 4 is 21.6 Å². The summed E-state index contributed by atoms with van der Waals surface area (Å²) in [5, 5.41) is 12.6. The highest BCUT2D eigenvalue weighted by molar-refractivity contribution is 9.09. The summed E-state index contributed by atoms with van der Waals surface area (Å²) in [5.74, 6) is -0.249. The van der Waals surface area contributed by atoms with E-state index in [1.54, 1.807) is 12.1 Å². The van der Waals surface area contributed by atoms with Crippen LogP contribution in [0.5, 0.6) is 0 Å². The van der Waals surface area contributed by atoms with Gasteiger partial charge in [0.05, 0.1) is 0 Å². The van der Waals surface area contributed by atoms with Gasteiger partial charge in [-0.2, -0.15) is 0 Å². The molecule has 0 bridgehead atoms. The van der Waals surface area contributed by atoms with Crippen LogP contribution in [-0.2, 0) is 10.9 Å². The minimum atomic E-state index is -0.533. The van der Waals surface area contributed by atoms with Gasteiger partial charge in [0.15, 0.2) is 0 Å². The molecule has 1 radical (unpaired) electrons. The summed E-state index contributed by atoms with van der Waals surface area (Å²) in [7, 11) is 0. The van der Waals surface area contributed by atoms with Crippen LogP contribution in [0.2, 0.25) is 0 Å². The van der Waals surface area contributed by atoms with Crippen LogP contribution >= 0.6 is 15.9 Å². The Hall–Kier alpha value is -1.39. The van der Waals surface area contributed by atoms with Gasteiger partial charge in [0.2, 0.25) is 0 Å². The number of aliphatic hydroxyl groups excluding tert-OH is 1. The van der Waals surface area contributed by atoms with Crippen molar-refractivity contribution in [2.75, 3.05) is 11.9 Å². The van der Waals surface area contributed by atoms with E-state index in [1.807, 2.05) is 18.2 Å². The number of hydrogen-bond donors (Lipinski definition) is 2. The third-order valence-corrected chi connectivity index (χ3v) is 4.37. The Morgan fingerprint density at radius 2 is 1.90 bits per heavy atom. The first kappa shape index (κ1) is 13.6. The molecule has 0 amide bonds. The summed E-state index contributed by atoms with van der Waals surface area (Å²) in [6.07, 6.45) is 2.67. The fraction of sp³-hybridized carbons (Fsp3) is 0.188. The smallest absolute Gasteiger partial charge is 0.126 e. The van der Waals surface area contributed by atoms with Gasteiger partial charge >= 0.3 is 0 Å². The van der Waals surface area contributed by atoms with E-state index >= 15 is 0 Å². The molecule has 0 saturated heterocycles. The van der Waals surface area contributed by atoms with E-state index < -0.39 is 4.45 Å². The molecule has 0 aromatic heterocycles.